The maximum absolute atomic E-state index is 13.2. The molecule has 2 nitrogen and oxygen atoms in total. The molecule has 19 heavy (non-hydrogen) atoms. The van der Waals surface area contributed by atoms with Crippen LogP contribution < -0.4 is 0 Å². The van der Waals surface area contributed by atoms with E-state index in [2.05, 4.69) is 59.4 Å². The molecule has 0 bridgehead atoms. The van der Waals surface area contributed by atoms with Crippen LogP contribution in [0.3, 0.4) is 0 Å². The van der Waals surface area contributed by atoms with Gasteiger partial charge in [-0.2, -0.15) is 0 Å². The van der Waals surface area contributed by atoms with Crippen LogP contribution in [0.2, 0.25) is 0 Å². The van der Waals surface area contributed by atoms with E-state index in [9.17, 15) is 4.39 Å². The fourth-order valence-electron chi connectivity index (χ4n) is 2.65. The summed E-state index contributed by atoms with van der Waals surface area (Å²) in [5.41, 5.74) is 0.696. The van der Waals surface area contributed by atoms with Gasteiger partial charge in [0.25, 0.3) is 0 Å². The van der Waals surface area contributed by atoms with Crippen LogP contribution in [0.15, 0.2) is 26.1 Å². The summed E-state index contributed by atoms with van der Waals surface area (Å²) in [7, 11) is 0. The van der Waals surface area contributed by atoms with Gasteiger partial charge in [0.2, 0.25) is 0 Å². The number of hydrogen-bond acceptors (Lipinski definition) is 2. The zero-order valence-electron chi connectivity index (χ0n) is 9.88. The van der Waals surface area contributed by atoms with Crippen LogP contribution >= 0.6 is 54.5 Å². The minimum absolute atomic E-state index is 0.292. The molecule has 1 aliphatic heterocycles. The normalized spacial score (nSPS) is 31.6. The Balaban J connectivity index is 1.88. The quantitative estimate of drug-likeness (QED) is 0.373. The van der Waals surface area contributed by atoms with Crippen molar-refractivity contribution in [2.45, 2.75) is 29.3 Å². The van der Waals surface area contributed by atoms with Crippen molar-refractivity contribution in [3.63, 3.8) is 0 Å². The van der Waals surface area contributed by atoms with Gasteiger partial charge in [-0.3, -0.25) is 0 Å². The first kappa shape index (κ1) is 14.3. The fourth-order valence-corrected chi connectivity index (χ4v) is 5.05. The van der Waals surface area contributed by atoms with Crippen molar-refractivity contribution in [1.29, 1.82) is 0 Å². The van der Waals surface area contributed by atoms with Crippen LogP contribution in [0.5, 0.6) is 0 Å². The molecule has 2 aliphatic rings. The Morgan fingerprint density at radius 2 is 1.95 bits per heavy atom. The minimum Gasteiger partial charge on any atom is -0.476 e. The lowest BCUT2D eigenvalue weighted by Crippen LogP contribution is -2.18. The molecule has 6 heteroatoms. The zero-order chi connectivity index (χ0) is 13.6. The first-order valence-electron chi connectivity index (χ1n) is 6.07. The van der Waals surface area contributed by atoms with Crippen molar-refractivity contribution in [2.24, 2.45) is 10.9 Å². The van der Waals surface area contributed by atoms with E-state index in [1.54, 1.807) is 0 Å². The summed E-state index contributed by atoms with van der Waals surface area (Å²) in [5, 5.41) is 0. The molecule has 102 valence electrons. The summed E-state index contributed by atoms with van der Waals surface area (Å²) >= 11 is 9.15. The third-order valence-corrected chi connectivity index (χ3v) is 6.10. The Morgan fingerprint density at radius 1 is 1.26 bits per heavy atom. The Morgan fingerprint density at radius 3 is 2.58 bits per heavy atom. The van der Waals surface area contributed by atoms with Gasteiger partial charge in [0.15, 0.2) is 5.90 Å². The molecule has 0 aromatic heterocycles. The highest BCUT2D eigenvalue weighted by Gasteiger charge is 2.42. The highest BCUT2D eigenvalue weighted by molar-refractivity contribution is 14.1. The molecule has 0 amide bonds. The van der Waals surface area contributed by atoms with Crippen molar-refractivity contribution in [3.05, 3.63) is 26.9 Å². The second kappa shape index (κ2) is 5.60. The number of ether oxygens (including phenoxy) is 1. The molecule has 3 atom stereocenters. The van der Waals surface area contributed by atoms with Crippen LogP contribution in [-0.2, 0) is 4.74 Å². The third kappa shape index (κ3) is 2.85. The Labute approximate surface area is 141 Å². The second-order valence-electron chi connectivity index (χ2n) is 4.86. The molecule has 3 rings (SSSR count). The van der Waals surface area contributed by atoms with Gasteiger partial charge < -0.3 is 4.74 Å². The largest absolute Gasteiger partial charge is 0.476 e. The zero-order valence-corrected chi connectivity index (χ0v) is 15.2. The highest BCUT2D eigenvalue weighted by atomic mass is 127. The Bertz CT molecular complexity index is 528. The topological polar surface area (TPSA) is 21.6 Å². The molecule has 1 saturated heterocycles. The molecular formula is C13H11Br2FINO. The first-order chi connectivity index (χ1) is 9.04. The summed E-state index contributed by atoms with van der Waals surface area (Å²) < 4.78 is 21.0. The van der Waals surface area contributed by atoms with Gasteiger partial charge in [-0.05, 0) is 56.8 Å². The monoisotopic (exact) mass is 501 g/mol. The molecule has 0 unspecified atom stereocenters. The molecule has 1 saturated carbocycles. The molecule has 0 spiro atoms. The van der Waals surface area contributed by atoms with Gasteiger partial charge in [0, 0.05) is 25.2 Å². The molecule has 0 N–H and O–H groups in total. The van der Waals surface area contributed by atoms with E-state index < -0.39 is 0 Å². The van der Waals surface area contributed by atoms with E-state index in [0.717, 1.165) is 12.3 Å². The first-order valence-corrected chi connectivity index (χ1v) is 8.90. The smallest absolute Gasteiger partial charge is 0.189 e. The van der Waals surface area contributed by atoms with Gasteiger partial charge in [-0.15, -0.1) is 0 Å². The molecule has 0 radical (unpaired) electrons. The number of rotatable bonds is 1. The number of benzene rings is 1. The lowest BCUT2D eigenvalue weighted by molar-refractivity contribution is 0.205. The number of nitrogens with zero attached hydrogens (tertiary/aromatic N) is 1. The summed E-state index contributed by atoms with van der Waals surface area (Å²) in [6.45, 7) is 0. The van der Waals surface area contributed by atoms with Crippen LogP contribution in [0.25, 0.3) is 0 Å². The van der Waals surface area contributed by atoms with Gasteiger partial charge in [-0.1, -0.05) is 22.6 Å². The van der Waals surface area contributed by atoms with Gasteiger partial charge in [0.1, 0.15) is 11.9 Å². The van der Waals surface area contributed by atoms with Crippen LogP contribution in [0.1, 0.15) is 19.3 Å². The SMILES string of the molecule is Fc1cc(Br)c(N=C2C[C@H]3CC[C@H](I)[C@H]3O2)c(Br)c1. The summed E-state index contributed by atoms with van der Waals surface area (Å²) in [5.74, 6) is 1.07. The maximum atomic E-state index is 13.2. The van der Waals surface area contributed by atoms with Crippen molar-refractivity contribution in [3.8, 4) is 0 Å². The van der Waals surface area contributed by atoms with Crippen molar-refractivity contribution in [1.82, 2.24) is 0 Å². The third-order valence-electron chi connectivity index (χ3n) is 3.56. The lowest BCUT2D eigenvalue weighted by Gasteiger charge is -2.12. The van der Waals surface area contributed by atoms with E-state index in [0.29, 0.717) is 30.6 Å². The molecule has 1 aromatic rings. The fraction of sp³-hybridized carbons (Fsp3) is 0.462. The van der Waals surface area contributed by atoms with E-state index in [4.69, 9.17) is 4.74 Å². The molecule has 2 fully saturated rings. The summed E-state index contributed by atoms with van der Waals surface area (Å²) in [4.78, 5) is 4.55. The van der Waals surface area contributed by atoms with Crippen molar-refractivity contribution in [2.75, 3.05) is 0 Å². The Hall–Kier alpha value is 0.310. The van der Waals surface area contributed by atoms with E-state index in [1.165, 1.54) is 25.0 Å². The van der Waals surface area contributed by atoms with E-state index >= 15 is 0 Å². The van der Waals surface area contributed by atoms with Crippen molar-refractivity contribution >= 4 is 66.0 Å². The Kier molecular flexibility index (Phi) is 4.20. The maximum Gasteiger partial charge on any atom is 0.189 e. The molecular weight excluding hydrogens is 492 g/mol. The summed E-state index contributed by atoms with van der Waals surface area (Å²) in [6, 6.07) is 2.84. The molecule has 1 heterocycles. The summed E-state index contributed by atoms with van der Waals surface area (Å²) in [6.07, 6.45) is 3.63. The predicted molar refractivity (Wildman–Crippen MR) is 88.9 cm³/mol. The van der Waals surface area contributed by atoms with Crippen LogP contribution in [0, 0.1) is 11.7 Å². The number of halogens is 4. The predicted octanol–water partition coefficient (Wildman–Crippen LogP) is 5.38. The number of hydrogen-bond donors (Lipinski definition) is 0. The van der Waals surface area contributed by atoms with Crippen LogP contribution in [0.4, 0.5) is 10.1 Å². The second-order valence-corrected chi connectivity index (χ2v) is 8.17. The number of aliphatic imine (C=N–C) groups is 1. The van der Waals surface area contributed by atoms with Gasteiger partial charge >= 0.3 is 0 Å². The molecule has 1 aromatic carbocycles. The lowest BCUT2D eigenvalue weighted by atomic mass is 10.1. The van der Waals surface area contributed by atoms with E-state index in [-0.39, 0.29) is 5.82 Å². The van der Waals surface area contributed by atoms with Gasteiger partial charge in [-0.25, -0.2) is 9.38 Å². The number of alkyl halides is 1. The minimum atomic E-state index is -0.292. The van der Waals surface area contributed by atoms with E-state index in [1.807, 2.05) is 0 Å². The number of fused-ring (bicyclic) bond motifs is 1. The highest BCUT2D eigenvalue weighted by Crippen LogP contribution is 2.42. The average molecular weight is 503 g/mol. The molecule has 1 aliphatic carbocycles. The standard InChI is InChI=1S/C13H11Br2FINO/c14-8-4-7(16)5-9(15)12(8)18-11-3-6-1-2-10(17)13(6)19-11/h4-6,10,13H,1-3H2/t6-,10+,13+/m1/s1. The average Bonchev–Trinajstić information content (AvgIpc) is 2.86. The van der Waals surface area contributed by atoms with Crippen LogP contribution in [-0.4, -0.2) is 15.9 Å². The van der Waals surface area contributed by atoms with Gasteiger partial charge in [0.05, 0.1) is 5.69 Å². The van der Waals surface area contributed by atoms with Crippen molar-refractivity contribution < 1.29 is 9.13 Å².